The molecule has 0 aliphatic carbocycles. The van der Waals surface area contributed by atoms with Crippen LogP contribution in [0.15, 0.2) is 51.7 Å². The normalized spacial score (nSPS) is 17.0. The number of hydrogen-bond donors (Lipinski definition) is 2. The summed E-state index contributed by atoms with van der Waals surface area (Å²) in [5.41, 5.74) is 9.76. The molecular formula is C19H20Br2N4O2. The Hall–Kier alpha value is -1.61. The molecule has 2 saturated heterocycles. The van der Waals surface area contributed by atoms with Gasteiger partial charge in [-0.3, -0.25) is 0 Å². The molecule has 0 saturated carbocycles. The second kappa shape index (κ2) is 8.18. The first-order valence-corrected chi connectivity index (χ1v) is 10.3. The van der Waals surface area contributed by atoms with Crippen molar-refractivity contribution >= 4 is 54.3 Å². The van der Waals surface area contributed by atoms with Crippen LogP contribution in [-0.2, 0) is 9.47 Å². The van der Waals surface area contributed by atoms with Crippen LogP contribution in [0, 0.1) is 0 Å². The van der Waals surface area contributed by atoms with E-state index in [9.17, 15) is 0 Å². The van der Waals surface area contributed by atoms with Gasteiger partial charge >= 0.3 is 0 Å². The maximum absolute atomic E-state index is 5.79. The Labute approximate surface area is 174 Å². The molecule has 0 unspecified atom stereocenters. The number of nitrogens with one attached hydrogen (secondary N) is 1. The van der Waals surface area contributed by atoms with Gasteiger partial charge in [-0.15, -0.1) is 0 Å². The minimum atomic E-state index is 0.414. The van der Waals surface area contributed by atoms with E-state index in [1.165, 1.54) is 5.52 Å². The van der Waals surface area contributed by atoms with Gasteiger partial charge < -0.3 is 25.1 Å². The third kappa shape index (κ3) is 4.29. The smallest absolute Gasteiger partial charge is 0.0962 e. The molecule has 0 spiro atoms. The minimum absolute atomic E-state index is 0.414. The van der Waals surface area contributed by atoms with Gasteiger partial charge in [-0.05, 0) is 36.4 Å². The first-order chi connectivity index (χ1) is 13.1. The topological polar surface area (TPSA) is 74.3 Å². The van der Waals surface area contributed by atoms with Crippen LogP contribution in [0.3, 0.4) is 0 Å². The molecule has 6 nitrogen and oxygen atoms in total. The highest BCUT2D eigenvalue weighted by Crippen LogP contribution is 2.26. The van der Waals surface area contributed by atoms with Gasteiger partial charge in [-0.2, -0.15) is 0 Å². The van der Waals surface area contributed by atoms with Gasteiger partial charge in [0.25, 0.3) is 0 Å². The molecule has 5 rings (SSSR count). The van der Waals surface area contributed by atoms with Crippen molar-refractivity contribution in [3.05, 3.63) is 51.7 Å². The summed E-state index contributed by atoms with van der Waals surface area (Å²) in [4.78, 5) is 4.35. The lowest BCUT2D eigenvalue weighted by Crippen LogP contribution is -2.40. The number of anilines is 2. The second-order valence-corrected chi connectivity index (χ2v) is 8.42. The highest BCUT2D eigenvalue weighted by atomic mass is 79.9. The Morgan fingerprint density at radius 3 is 2.37 bits per heavy atom. The number of aromatic nitrogens is 2. The number of rotatable bonds is 3. The maximum Gasteiger partial charge on any atom is 0.0962 e. The SMILES string of the molecule is Brc1ccc2ncn(C3COC3)c2c1.Nc1ccc(Br)cc1NC1COC1. The Morgan fingerprint density at radius 1 is 1.00 bits per heavy atom. The molecule has 2 aliphatic rings. The molecular weight excluding hydrogens is 476 g/mol. The standard InChI is InChI=1S/C10H9BrN2O.C9H11BrN2O/c11-7-1-2-9-10(3-7)13(6-12-9)8-4-14-5-8;10-6-1-2-8(11)9(3-6)12-7-4-13-5-7/h1-3,6,8H,4-5H2;1-3,7,12H,4-5,11H2. The number of nitrogens with zero attached hydrogens (tertiary/aromatic N) is 2. The Balaban J connectivity index is 0.000000134. The van der Waals surface area contributed by atoms with Crippen molar-refractivity contribution in [2.75, 3.05) is 37.5 Å². The number of halogens is 2. The molecule has 1 aromatic heterocycles. The molecule has 142 valence electrons. The molecule has 27 heavy (non-hydrogen) atoms. The lowest BCUT2D eigenvalue weighted by Gasteiger charge is -2.28. The number of ether oxygens (including phenoxy) is 2. The van der Waals surface area contributed by atoms with Crippen molar-refractivity contribution in [2.24, 2.45) is 0 Å². The maximum atomic E-state index is 5.79. The highest BCUT2D eigenvalue weighted by Gasteiger charge is 2.21. The molecule has 2 aliphatic heterocycles. The van der Waals surface area contributed by atoms with Crippen LogP contribution >= 0.6 is 31.9 Å². The molecule has 0 atom stereocenters. The van der Waals surface area contributed by atoms with E-state index in [-0.39, 0.29) is 0 Å². The van der Waals surface area contributed by atoms with E-state index < -0.39 is 0 Å². The van der Waals surface area contributed by atoms with Crippen molar-refractivity contribution in [1.82, 2.24) is 9.55 Å². The second-order valence-electron chi connectivity index (χ2n) is 6.59. The summed E-state index contributed by atoms with van der Waals surface area (Å²) >= 11 is 6.87. The van der Waals surface area contributed by atoms with Gasteiger partial charge in [0, 0.05) is 8.95 Å². The minimum Gasteiger partial charge on any atom is -0.397 e. The summed E-state index contributed by atoms with van der Waals surface area (Å²) in [6.07, 6.45) is 1.89. The predicted octanol–water partition coefficient (Wildman–Crippen LogP) is 4.21. The van der Waals surface area contributed by atoms with Gasteiger partial charge in [0.1, 0.15) is 0 Å². The molecule has 3 N–H and O–H groups in total. The van der Waals surface area contributed by atoms with Crippen molar-refractivity contribution in [2.45, 2.75) is 12.1 Å². The van der Waals surface area contributed by atoms with E-state index in [0.29, 0.717) is 12.1 Å². The average Bonchev–Trinajstić information content (AvgIpc) is 2.96. The van der Waals surface area contributed by atoms with Crippen molar-refractivity contribution in [1.29, 1.82) is 0 Å². The molecule has 8 heteroatoms. The van der Waals surface area contributed by atoms with Crippen LogP contribution in [0.4, 0.5) is 11.4 Å². The predicted molar refractivity (Wildman–Crippen MR) is 114 cm³/mol. The molecule has 3 heterocycles. The zero-order valence-corrected chi connectivity index (χ0v) is 17.7. The molecule has 0 bridgehead atoms. The van der Waals surface area contributed by atoms with Gasteiger partial charge in [0.15, 0.2) is 0 Å². The highest BCUT2D eigenvalue weighted by molar-refractivity contribution is 9.10. The van der Waals surface area contributed by atoms with E-state index in [4.69, 9.17) is 15.2 Å². The number of benzene rings is 2. The zero-order valence-electron chi connectivity index (χ0n) is 14.6. The summed E-state index contributed by atoms with van der Waals surface area (Å²) in [7, 11) is 0. The fraction of sp³-hybridized carbons (Fsp3) is 0.316. The lowest BCUT2D eigenvalue weighted by atomic mass is 10.2. The Bertz CT molecular complexity index is 939. The van der Waals surface area contributed by atoms with E-state index in [2.05, 4.69) is 52.8 Å². The molecule has 2 fully saturated rings. The van der Waals surface area contributed by atoms with Crippen molar-refractivity contribution in [3.63, 3.8) is 0 Å². The van der Waals surface area contributed by atoms with Gasteiger partial charge in [0.2, 0.25) is 0 Å². The van der Waals surface area contributed by atoms with Crippen LogP contribution in [0.1, 0.15) is 6.04 Å². The fourth-order valence-corrected chi connectivity index (χ4v) is 3.58. The van der Waals surface area contributed by atoms with Gasteiger partial charge in [0.05, 0.1) is 67.2 Å². The molecule has 0 radical (unpaired) electrons. The first-order valence-electron chi connectivity index (χ1n) is 8.69. The van der Waals surface area contributed by atoms with Crippen molar-refractivity contribution in [3.8, 4) is 0 Å². The number of nitrogen functional groups attached to an aromatic ring is 1. The summed E-state index contributed by atoms with van der Waals surface area (Å²) in [5, 5.41) is 3.31. The van der Waals surface area contributed by atoms with Crippen LogP contribution in [0.25, 0.3) is 11.0 Å². The average molecular weight is 496 g/mol. The molecule has 0 amide bonds. The fourth-order valence-electron chi connectivity index (χ4n) is 2.87. The number of fused-ring (bicyclic) bond motifs is 1. The Kier molecular flexibility index (Phi) is 5.68. The van der Waals surface area contributed by atoms with E-state index >= 15 is 0 Å². The quantitative estimate of drug-likeness (QED) is 0.532. The van der Waals surface area contributed by atoms with E-state index in [1.807, 2.05) is 36.7 Å². The van der Waals surface area contributed by atoms with E-state index in [1.54, 1.807) is 0 Å². The zero-order chi connectivity index (χ0) is 18.8. The third-order valence-electron chi connectivity index (χ3n) is 4.56. The largest absolute Gasteiger partial charge is 0.397 e. The van der Waals surface area contributed by atoms with Crippen LogP contribution in [0.2, 0.25) is 0 Å². The van der Waals surface area contributed by atoms with E-state index in [0.717, 1.165) is 52.3 Å². The van der Waals surface area contributed by atoms with Gasteiger partial charge in [-0.1, -0.05) is 31.9 Å². The number of nitrogens with two attached hydrogens (primary N) is 1. The van der Waals surface area contributed by atoms with Crippen LogP contribution < -0.4 is 11.1 Å². The summed E-state index contributed by atoms with van der Waals surface area (Å²) in [6.45, 7) is 3.15. The summed E-state index contributed by atoms with van der Waals surface area (Å²) in [5.74, 6) is 0. The molecule has 3 aromatic rings. The summed E-state index contributed by atoms with van der Waals surface area (Å²) in [6, 6.07) is 12.8. The monoisotopic (exact) mass is 494 g/mol. The van der Waals surface area contributed by atoms with Crippen LogP contribution in [0.5, 0.6) is 0 Å². The number of imidazole rings is 1. The Morgan fingerprint density at radius 2 is 1.70 bits per heavy atom. The first kappa shape index (κ1) is 18.7. The third-order valence-corrected chi connectivity index (χ3v) is 5.55. The lowest BCUT2D eigenvalue weighted by molar-refractivity contribution is -0.0216. The van der Waals surface area contributed by atoms with Crippen molar-refractivity contribution < 1.29 is 9.47 Å². The summed E-state index contributed by atoms with van der Waals surface area (Å²) < 4.78 is 14.5. The van der Waals surface area contributed by atoms with Crippen LogP contribution in [-0.4, -0.2) is 42.0 Å². The number of hydrogen-bond acceptors (Lipinski definition) is 5. The van der Waals surface area contributed by atoms with Gasteiger partial charge in [-0.25, -0.2) is 4.98 Å². The molecule has 2 aromatic carbocycles.